The molecule has 4 aliphatic heterocycles. The van der Waals surface area contributed by atoms with Crippen LogP contribution in [-0.4, -0.2) is 88.6 Å². The van der Waals surface area contributed by atoms with Gasteiger partial charge >= 0.3 is 6.03 Å². The van der Waals surface area contributed by atoms with Crippen LogP contribution in [0.4, 0.5) is 4.79 Å². The molecule has 0 bridgehead atoms. The Morgan fingerprint density at radius 2 is 1.21 bits per heavy atom. The van der Waals surface area contributed by atoms with E-state index in [-0.39, 0.29) is 18.1 Å². The van der Waals surface area contributed by atoms with E-state index in [1.165, 1.54) is 0 Å². The highest BCUT2D eigenvalue weighted by Crippen LogP contribution is 2.34. The molecule has 0 aromatic rings. The molecule has 0 spiro atoms. The number of β-amino-alcohol motifs (C(OH)–C–C–N with tert-alkyl or cyclic N) is 2. The van der Waals surface area contributed by atoms with E-state index in [0.717, 1.165) is 51.6 Å². The third-order valence-corrected chi connectivity index (χ3v) is 6.32. The molecular formula is C17H30N4O3. The highest BCUT2D eigenvalue weighted by Gasteiger charge is 2.54. The van der Waals surface area contributed by atoms with Crippen molar-refractivity contribution in [2.45, 2.75) is 61.8 Å². The van der Waals surface area contributed by atoms with Crippen LogP contribution in [0.2, 0.25) is 0 Å². The van der Waals surface area contributed by atoms with E-state index in [4.69, 9.17) is 0 Å². The zero-order valence-electron chi connectivity index (χ0n) is 14.3. The lowest BCUT2D eigenvalue weighted by atomic mass is 9.80. The number of nitrogens with one attached hydrogen (secondary N) is 2. The van der Waals surface area contributed by atoms with Crippen molar-refractivity contribution in [1.29, 1.82) is 0 Å². The quantitative estimate of drug-likeness (QED) is 0.544. The van der Waals surface area contributed by atoms with Crippen LogP contribution in [-0.2, 0) is 0 Å². The summed E-state index contributed by atoms with van der Waals surface area (Å²) in [6.07, 6.45) is 6.57. The number of likely N-dealkylation sites (tertiary alicyclic amines) is 2. The zero-order valence-corrected chi connectivity index (χ0v) is 14.3. The van der Waals surface area contributed by atoms with Gasteiger partial charge in [0.1, 0.15) is 11.2 Å². The summed E-state index contributed by atoms with van der Waals surface area (Å²) in [5.74, 6) is 0. The Kier molecular flexibility index (Phi) is 4.23. The summed E-state index contributed by atoms with van der Waals surface area (Å²) in [7, 11) is 0. The average molecular weight is 338 g/mol. The van der Waals surface area contributed by atoms with E-state index in [2.05, 4.69) is 10.6 Å². The van der Waals surface area contributed by atoms with Gasteiger partial charge in [-0.3, -0.25) is 0 Å². The molecule has 2 unspecified atom stereocenters. The van der Waals surface area contributed by atoms with Crippen LogP contribution in [0.3, 0.4) is 0 Å². The maximum absolute atomic E-state index is 12.5. The average Bonchev–Trinajstić information content (AvgIpc) is 2.57. The summed E-state index contributed by atoms with van der Waals surface area (Å²) in [5.41, 5.74) is -1.55. The van der Waals surface area contributed by atoms with E-state index in [1.54, 1.807) is 9.80 Å². The van der Waals surface area contributed by atoms with Gasteiger partial charge in [-0.05, 0) is 38.8 Å². The normalized spacial score (nSPS) is 35.1. The molecule has 7 heteroatoms. The first-order valence-corrected chi connectivity index (χ1v) is 9.46. The van der Waals surface area contributed by atoms with Crippen molar-refractivity contribution >= 4 is 6.03 Å². The first kappa shape index (κ1) is 16.6. The molecule has 4 aliphatic rings. The number of hydrogen-bond acceptors (Lipinski definition) is 5. The Labute approximate surface area is 143 Å². The molecule has 0 saturated carbocycles. The second kappa shape index (κ2) is 6.12. The second-order valence-corrected chi connectivity index (χ2v) is 8.21. The SMILES string of the molecule is O=C(N1CC(O)(C2CCCCN2)C1)N1CC(O)(C2CCCCN2)C1. The summed E-state index contributed by atoms with van der Waals surface area (Å²) in [5, 5.41) is 28.2. The second-order valence-electron chi connectivity index (χ2n) is 8.21. The summed E-state index contributed by atoms with van der Waals surface area (Å²) in [6, 6.07) is 0.168. The lowest BCUT2D eigenvalue weighted by Crippen LogP contribution is -2.77. The van der Waals surface area contributed by atoms with E-state index in [9.17, 15) is 15.0 Å². The minimum absolute atomic E-state index is 0.0454. The van der Waals surface area contributed by atoms with Crippen LogP contribution in [0, 0.1) is 0 Å². The molecule has 136 valence electrons. The lowest BCUT2D eigenvalue weighted by molar-refractivity contribution is -0.135. The first-order valence-electron chi connectivity index (χ1n) is 9.46. The highest BCUT2D eigenvalue weighted by atomic mass is 16.3. The minimum Gasteiger partial charge on any atom is -0.385 e. The molecule has 0 radical (unpaired) electrons. The smallest absolute Gasteiger partial charge is 0.320 e. The third-order valence-electron chi connectivity index (χ3n) is 6.32. The fourth-order valence-corrected chi connectivity index (χ4v) is 4.76. The maximum atomic E-state index is 12.5. The topological polar surface area (TPSA) is 88.1 Å². The lowest BCUT2D eigenvalue weighted by Gasteiger charge is -2.56. The van der Waals surface area contributed by atoms with Crippen molar-refractivity contribution in [3.63, 3.8) is 0 Å². The monoisotopic (exact) mass is 338 g/mol. The number of aliphatic hydroxyl groups is 2. The Morgan fingerprint density at radius 1 is 0.792 bits per heavy atom. The number of piperidine rings is 2. The molecule has 0 aromatic carbocycles. The predicted molar refractivity (Wildman–Crippen MR) is 89.7 cm³/mol. The van der Waals surface area contributed by atoms with Gasteiger partial charge in [-0.2, -0.15) is 0 Å². The largest absolute Gasteiger partial charge is 0.385 e. The summed E-state index contributed by atoms with van der Waals surface area (Å²) in [6.45, 7) is 3.52. The molecule has 4 heterocycles. The first-order chi connectivity index (χ1) is 11.5. The molecule has 4 fully saturated rings. The fourth-order valence-electron chi connectivity index (χ4n) is 4.76. The standard InChI is InChI=1S/C17H30N4O3/c22-15(20-9-16(23,10-20)13-5-1-3-7-18-13)21-11-17(24,12-21)14-6-2-4-8-19-14/h13-14,18-19,23-24H,1-12H2. The Balaban J connectivity index is 1.26. The van der Waals surface area contributed by atoms with Gasteiger partial charge in [0.05, 0.1) is 26.2 Å². The number of rotatable bonds is 2. The molecule has 2 amide bonds. The third kappa shape index (κ3) is 2.81. The van der Waals surface area contributed by atoms with E-state index in [1.807, 2.05) is 0 Å². The molecule has 24 heavy (non-hydrogen) atoms. The highest BCUT2D eigenvalue weighted by molar-refractivity contribution is 5.77. The maximum Gasteiger partial charge on any atom is 0.320 e. The van der Waals surface area contributed by atoms with E-state index < -0.39 is 11.2 Å². The van der Waals surface area contributed by atoms with Crippen molar-refractivity contribution < 1.29 is 15.0 Å². The number of urea groups is 1. The van der Waals surface area contributed by atoms with Gasteiger partial charge in [0.15, 0.2) is 0 Å². The number of nitrogens with zero attached hydrogens (tertiary/aromatic N) is 2. The van der Waals surface area contributed by atoms with Crippen LogP contribution in [0.5, 0.6) is 0 Å². The minimum atomic E-state index is -0.776. The van der Waals surface area contributed by atoms with Crippen LogP contribution in [0.25, 0.3) is 0 Å². The van der Waals surface area contributed by atoms with E-state index in [0.29, 0.717) is 26.2 Å². The van der Waals surface area contributed by atoms with Crippen molar-refractivity contribution in [3.05, 3.63) is 0 Å². The Morgan fingerprint density at radius 3 is 1.54 bits per heavy atom. The van der Waals surface area contributed by atoms with Gasteiger partial charge in [-0.1, -0.05) is 12.8 Å². The predicted octanol–water partition coefficient (Wildman–Crippen LogP) is -0.516. The fraction of sp³-hybridized carbons (Fsp3) is 0.941. The van der Waals surface area contributed by atoms with Crippen LogP contribution >= 0.6 is 0 Å². The van der Waals surface area contributed by atoms with E-state index >= 15 is 0 Å². The molecule has 4 N–H and O–H groups in total. The Hall–Kier alpha value is -0.890. The number of hydrogen-bond donors (Lipinski definition) is 4. The van der Waals surface area contributed by atoms with Gasteiger partial charge in [-0.15, -0.1) is 0 Å². The summed E-state index contributed by atoms with van der Waals surface area (Å²) < 4.78 is 0. The Bertz CT molecular complexity index is 434. The molecule has 2 atom stereocenters. The van der Waals surface area contributed by atoms with Gasteiger partial charge < -0.3 is 30.6 Å². The van der Waals surface area contributed by atoms with Crippen LogP contribution < -0.4 is 10.6 Å². The van der Waals surface area contributed by atoms with Crippen molar-refractivity contribution in [1.82, 2.24) is 20.4 Å². The van der Waals surface area contributed by atoms with Gasteiger partial charge in [0.2, 0.25) is 0 Å². The molecule has 4 rings (SSSR count). The molecule has 0 aromatic heterocycles. The van der Waals surface area contributed by atoms with Crippen molar-refractivity contribution in [3.8, 4) is 0 Å². The van der Waals surface area contributed by atoms with Gasteiger partial charge in [0.25, 0.3) is 0 Å². The molecule has 0 aliphatic carbocycles. The zero-order chi connectivity index (χ0) is 16.8. The number of carbonyl (C=O) groups excluding carboxylic acids is 1. The van der Waals surface area contributed by atoms with Gasteiger partial charge in [0, 0.05) is 12.1 Å². The number of carbonyl (C=O) groups is 1. The summed E-state index contributed by atoms with van der Waals surface area (Å²) in [4.78, 5) is 16.0. The molecular weight excluding hydrogens is 308 g/mol. The van der Waals surface area contributed by atoms with Crippen LogP contribution in [0.15, 0.2) is 0 Å². The van der Waals surface area contributed by atoms with Crippen LogP contribution in [0.1, 0.15) is 38.5 Å². The van der Waals surface area contributed by atoms with Crippen molar-refractivity contribution in [2.24, 2.45) is 0 Å². The molecule has 4 saturated heterocycles. The van der Waals surface area contributed by atoms with Gasteiger partial charge in [-0.25, -0.2) is 4.79 Å². The number of amides is 2. The summed E-state index contributed by atoms with van der Waals surface area (Å²) >= 11 is 0. The molecule has 7 nitrogen and oxygen atoms in total. The van der Waals surface area contributed by atoms with Crippen molar-refractivity contribution in [2.75, 3.05) is 39.3 Å².